The molecule has 0 amide bonds. The molecule has 2 N–H and O–H groups in total. The predicted octanol–water partition coefficient (Wildman–Crippen LogP) is 7.26. The van der Waals surface area contributed by atoms with Crippen LogP contribution in [0.5, 0.6) is 5.75 Å². The standard InChI is InChI=1S/C25H27F3N4O/c1-2-17-8-10-18(11-9-17)30-23-22(25(26,27)28)16-29-24(32-23)31-19-12-14-21(15-13-19)33-20-6-4-3-5-7-20/h8-16,20H,2-7H2,1H3,(H2,29,30,31,32). The van der Waals surface area contributed by atoms with E-state index in [4.69, 9.17) is 4.74 Å². The van der Waals surface area contributed by atoms with Gasteiger partial charge in [0.25, 0.3) is 0 Å². The molecule has 8 heteroatoms. The summed E-state index contributed by atoms with van der Waals surface area (Å²) in [7, 11) is 0. The van der Waals surface area contributed by atoms with E-state index >= 15 is 0 Å². The summed E-state index contributed by atoms with van der Waals surface area (Å²) in [6.07, 6.45) is 3.07. The average molecular weight is 457 g/mol. The smallest absolute Gasteiger partial charge is 0.421 e. The maximum Gasteiger partial charge on any atom is 0.421 e. The molecule has 0 unspecified atom stereocenters. The van der Waals surface area contributed by atoms with E-state index in [9.17, 15) is 13.2 Å². The second-order valence-corrected chi connectivity index (χ2v) is 8.16. The third-order valence-corrected chi connectivity index (χ3v) is 5.68. The summed E-state index contributed by atoms with van der Waals surface area (Å²) in [4.78, 5) is 7.98. The molecule has 1 aromatic heterocycles. The SMILES string of the molecule is CCc1ccc(Nc2nc(Nc3ccc(OC4CCCCC4)cc3)ncc2C(F)(F)F)cc1. The molecule has 1 aliphatic carbocycles. The Hall–Kier alpha value is -3.29. The largest absolute Gasteiger partial charge is 0.490 e. The molecule has 1 saturated carbocycles. The highest BCUT2D eigenvalue weighted by Gasteiger charge is 2.35. The van der Waals surface area contributed by atoms with Gasteiger partial charge in [0.05, 0.1) is 6.10 Å². The lowest BCUT2D eigenvalue weighted by Crippen LogP contribution is -2.19. The fourth-order valence-corrected chi connectivity index (χ4v) is 3.83. The quantitative estimate of drug-likeness (QED) is 0.392. The number of hydrogen-bond acceptors (Lipinski definition) is 5. The zero-order valence-electron chi connectivity index (χ0n) is 18.5. The summed E-state index contributed by atoms with van der Waals surface area (Å²) in [5.74, 6) is 0.539. The van der Waals surface area contributed by atoms with Crippen molar-refractivity contribution in [1.82, 2.24) is 9.97 Å². The summed E-state index contributed by atoms with van der Waals surface area (Å²) in [5.41, 5.74) is 1.34. The van der Waals surface area contributed by atoms with Crippen molar-refractivity contribution in [1.29, 1.82) is 0 Å². The normalized spacial score (nSPS) is 14.7. The van der Waals surface area contributed by atoms with Crippen LogP contribution in [0.15, 0.2) is 54.7 Å². The van der Waals surface area contributed by atoms with E-state index in [-0.39, 0.29) is 17.9 Å². The van der Waals surface area contributed by atoms with Gasteiger partial charge in [0.15, 0.2) is 0 Å². The van der Waals surface area contributed by atoms with E-state index in [0.29, 0.717) is 11.4 Å². The first-order chi connectivity index (χ1) is 15.9. The van der Waals surface area contributed by atoms with Crippen molar-refractivity contribution < 1.29 is 17.9 Å². The van der Waals surface area contributed by atoms with Gasteiger partial charge in [-0.1, -0.05) is 25.5 Å². The number of nitrogens with zero attached hydrogens (tertiary/aromatic N) is 2. The number of aryl methyl sites for hydroxylation is 1. The van der Waals surface area contributed by atoms with E-state index in [2.05, 4.69) is 20.6 Å². The fraction of sp³-hybridized carbons (Fsp3) is 0.360. The first-order valence-corrected chi connectivity index (χ1v) is 11.2. The lowest BCUT2D eigenvalue weighted by Gasteiger charge is -2.23. The molecule has 174 valence electrons. The van der Waals surface area contributed by atoms with Gasteiger partial charge in [-0.25, -0.2) is 4.98 Å². The van der Waals surface area contributed by atoms with Crippen LogP contribution in [-0.4, -0.2) is 16.1 Å². The molecule has 0 radical (unpaired) electrons. The summed E-state index contributed by atoms with van der Waals surface area (Å²) in [6, 6.07) is 14.5. The van der Waals surface area contributed by atoms with Gasteiger partial charge in [-0.05, 0) is 74.1 Å². The van der Waals surface area contributed by atoms with E-state index < -0.39 is 11.7 Å². The lowest BCUT2D eigenvalue weighted by molar-refractivity contribution is -0.137. The van der Waals surface area contributed by atoms with Gasteiger partial charge in [-0.3, -0.25) is 0 Å². The van der Waals surface area contributed by atoms with Gasteiger partial charge >= 0.3 is 6.18 Å². The van der Waals surface area contributed by atoms with Crippen molar-refractivity contribution in [2.45, 2.75) is 57.7 Å². The zero-order valence-corrected chi connectivity index (χ0v) is 18.5. The molecule has 0 bridgehead atoms. The van der Waals surface area contributed by atoms with Gasteiger partial charge < -0.3 is 15.4 Å². The van der Waals surface area contributed by atoms with Crippen LogP contribution in [0.4, 0.5) is 36.3 Å². The van der Waals surface area contributed by atoms with Gasteiger partial charge in [-0.2, -0.15) is 18.2 Å². The van der Waals surface area contributed by atoms with Crippen LogP contribution in [0, 0.1) is 0 Å². The van der Waals surface area contributed by atoms with E-state index in [1.807, 2.05) is 31.2 Å². The van der Waals surface area contributed by atoms with Crippen molar-refractivity contribution in [2.24, 2.45) is 0 Å². The van der Waals surface area contributed by atoms with Crippen molar-refractivity contribution in [2.75, 3.05) is 10.6 Å². The minimum Gasteiger partial charge on any atom is -0.490 e. The minimum atomic E-state index is -4.58. The van der Waals surface area contributed by atoms with E-state index in [1.165, 1.54) is 19.3 Å². The molecular weight excluding hydrogens is 429 g/mol. The van der Waals surface area contributed by atoms with Gasteiger partial charge in [0.2, 0.25) is 5.95 Å². The number of rotatable bonds is 7. The number of anilines is 4. The van der Waals surface area contributed by atoms with Gasteiger partial charge in [0, 0.05) is 17.6 Å². The maximum atomic E-state index is 13.5. The molecule has 1 fully saturated rings. The highest BCUT2D eigenvalue weighted by atomic mass is 19.4. The molecule has 0 atom stereocenters. The third-order valence-electron chi connectivity index (χ3n) is 5.68. The van der Waals surface area contributed by atoms with Crippen molar-refractivity contribution in [3.63, 3.8) is 0 Å². The van der Waals surface area contributed by atoms with Gasteiger partial charge in [0.1, 0.15) is 17.1 Å². The van der Waals surface area contributed by atoms with Crippen LogP contribution in [0.1, 0.15) is 50.2 Å². The molecule has 0 spiro atoms. The van der Waals surface area contributed by atoms with Crippen molar-refractivity contribution in [3.05, 3.63) is 65.9 Å². The van der Waals surface area contributed by atoms with Crippen LogP contribution in [0.3, 0.4) is 0 Å². The highest BCUT2D eigenvalue weighted by Crippen LogP contribution is 2.35. The monoisotopic (exact) mass is 456 g/mol. The number of hydrogen-bond donors (Lipinski definition) is 2. The highest BCUT2D eigenvalue weighted by molar-refractivity contribution is 5.63. The average Bonchev–Trinajstić information content (AvgIpc) is 2.81. The Morgan fingerprint density at radius 1 is 0.909 bits per heavy atom. The Labute approximate surface area is 191 Å². The Kier molecular flexibility index (Phi) is 7.01. The number of ether oxygens (including phenoxy) is 1. The number of alkyl halides is 3. The van der Waals surface area contributed by atoms with Crippen molar-refractivity contribution in [3.8, 4) is 5.75 Å². The molecule has 33 heavy (non-hydrogen) atoms. The molecule has 1 aliphatic rings. The fourth-order valence-electron chi connectivity index (χ4n) is 3.83. The topological polar surface area (TPSA) is 59.1 Å². The van der Waals surface area contributed by atoms with E-state index in [1.54, 1.807) is 24.3 Å². The van der Waals surface area contributed by atoms with Crippen LogP contribution >= 0.6 is 0 Å². The second kappa shape index (κ2) is 10.1. The molecule has 4 rings (SSSR count). The minimum absolute atomic E-state index is 0.0663. The van der Waals surface area contributed by atoms with Crippen LogP contribution in [0.2, 0.25) is 0 Å². The zero-order chi connectivity index (χ0) is 23.3. The van der Waals surface area contributed by atoms with Crippen LogP contribution in [-0.2, 0) is 12.6 Å². The molecule has 0 aliphatic heterocycles. The van der Waals surface area contributed by atoms with Gasteiger partial charge in [-0.15, -0.1) is 0 Å². The predicted molar refractivity (Wildman–Crippen MR) is 123 cm³/mol. The maximum absolute atomic E-state index is 13.5. The Balaban J connectivity index is 1.49. The second-order valence-electron chi connectivity index (χ2n) is 8.16. The van der Waals surface area contributed by atoms with Crippen LogP contribution < -0.4 is 15.4 Å². The lowest BCUT2D eigenvalue weighted by atomic mass is 9.98. The first-order valence-electron chi connectivity index (χ1n) is 11.2. The van der Waals surface area contributed by atoms with E-state index in [0.717, 1.165) is 36.8 Å². The Morgan fingerprint density at radius 2 is 1.55 bits per heavy atom. The molecule has 0 saturated heterocycles. The third kappa shape index (κ3) is 6.15. The number of benzene rings is 2. The molecule has 1 heterocycles. The summed E-state index contributed by atoms with van der Waals surface area (Å²) >= 11 is 0. The number of nitrogens with one attached hydrogen (secondary N) is 2. The Morgan fingerprint density at radius 3 is 2.18 bits per heavy atom. The molecular formula is C25H27F3N4O. The summed E-state index contributed by atoms with van der Waals surface area (Å²) in [5, 5.41) is 5.75. The first kappa shape index (κ1) is 22.9. The molecule has 2 aromatic carbocycles. The Bertz CT molecular complexity index is 1050. The molecule has 5 nitrogen and oxygen atoms in total. The number of halogens is 3. The summed E-state index contributed by atoms with van der Waals surface area (Å²) < 4.78 is 46.6. The summed E-state index contributed by atoms with van der Waals surface area (Å²) in [6.45, 7) is 2.02. The van der Waals surface area contributed by atoms with Crippen LogP contribution in [0.25, 0.3) is 0 Å². The van der Waals surface area contributed by atoms with Crippen molar-refractivity contribution >= 4 is 23.1 Å². The molecule has 3 aromatic rings. The number of aromatic nitrogens is 2.